The van der Waals surface area contributed by atoms with Crippen molar-refractivity contribution >= 4 is 24.6 Å². The van der Waals surface area contributed by atoms with Gasteiger partial charge >= 0.3 is 7.12 Å². The molecule has 9 heteroatoms. The van der Waals surface area contributed by atoms with Crippen LogP contribution in [0.25, 0.3) is 0 Å². The van der Waals surface area contributed by atoms with Gasteiger partial charge in [-0.05, 0) is 57.9 Å². The van der Waals surface area contributed by atoms with Gasteiger partial charge in [-0.3, -0.25) is 19.4 Å². The summed E-state index contributed by atoms with van der Waals surface area (Å²) in [6.07, 6.45) is 13.1. The van der Waals surface area contributed by atoms with Gasteiger partial charge in [0, 0.05) is 37.5 Å². The van der Waals surface area contributed by atoms with Gasteiger partial charge in [-0.25, -0.2) is 4.98 Å². The molecular weight excluding hydrogens is 553 g/mol. The highest BCUT2D eigenvalue weighted by Crippen LogP contribution is 2.45. The summed E-state index contributed by atoms with van der Waals surface area (Å²) in [5.74, 6) is 0.0296. The van der Waals surface area contributed by atoms with Crippen molar-refractivity contribution in [3.8, 4) is 0 Å². The van der Waals surface area contributed by atoms with Crippen LogP contribution in [0.3, 0.4) is 0 Å². The molecule has 1 fully saturated rings. The lowest BCUT2D eigenvalue weighted by Gasteiger charge is -2.36. The second kappa shape index (κ2) is 17.0. The first-order valence-corrected chi connectivity index (χ1v) is 16.4. The lowest BCUT2D eigenvalue weighted by Crippen LogP contribution is -2.44. The van der Waals surface area contributed by atoms with Gasteiger partial charge < -0.3 is 14.6 Å². The maximum atomic E-state index is 14.0. The zero-order valence-corrected chi connectivity index (χ0v) is 27.6. The molecule has 3 rings (SSSR count). The molecule has 0 bridgehead atoms. The number of amides is 1. The average molecular weight is 606 g/mol. The fourth-order valence-corrected chi connectivity index (χ4v) is 5.92. The molecule has 1 unspecified atom stereocenters. The molecule has 1 aliphatic rings. The number of unbranched alkanes of at least 4 members (excludes halogenated alkanes) is 4. The topological polar surface area (TPSA) is 107 Å². The number of ketones is 2. The number of Topliss-reactive ketones (excluding diaryl/α,β-unsaturated/α-hetero) is 2. The smallest absolute Gasteiger partial charge is 0.403 e. The number of benzene rings is 1. The Morgan fingerprint density at radius 1 is 0.955 bits per heavy atom. The molecule has 44 heavy (non-hydrogen) atoms. The van der Waals surface area contributed by atoms with E-state index >= 15 is 0 Å². The van der Waals surface area contributed by atoms with Crippen molar-refractivity contribution in [1.29, 1.82) is 0 Å². The van der Waals surface area contributed by atoms with Crippen LogP contribution >= 0.6 is 0 Å². The molecule has 8 nitrogen and oxygen atoms in total. The lowest BCUT2D eigenvalue weighted by molar-refractivity contribution is -0.121. The monoisotopic (exact) mass is 605 g/mol. The van der Waals surface area contributed by atoms with Crippen LogP contribution in [0.1, 0.15) is 122 Å². The van der Waals surface area contributed by atoms with Crippen molar-refractivity contribution in [3.05, 3.63) is 60.2 Å². The minimum Gasteiger partial charge on any atom is -0.403 e. The Morgan fingerprint density at radius 3 is 2.32 bits per heavy atom. The summed E-state index contributed by atoms with van der Waals surface area (Å²) in [5.41, 5.74) is 0.126. The Labute approximate surface area is 264 Å². The van der Waals surface area contributed by atoms with E-state index in [1.807, 2.05) is 37.3 Å². The van der Waals surface area contributed by atoms with Gasteiger partial charge in [0.25, 0.3) is 5.91 Å². The second-order valence-corrected chi connectivity index (χ2v) is 13.4. The van der Waals surface area contributed by atoms with E-state index in [4.69, 9.17) is 9.31 Å². The van der Waals surface area contributed by atoms with Crippen molar-refractivity contribution in [3.63, 3.8) is 0 Å². The van der Waals surface area contributed by atoms with E-state index in [1.54, 1.807) is 0 Å². The second-order valence-electron chi connectivity index (χ2n) is 13.4. The Balaban J connectivity index is 1.67. The zero-order valence-electron chi connectivity index (χ0n) is 27.6. The van der Waals surface area contributed by atoms with Crippen LogP contribution in [0, 0.1) is 5.92 Å². The molecule has 2 heterocycles. The van der Waals surface area contributed by atoms with E-state index < -0.39 is 30.3 Å². The fourth-order valence-electron chi connectivity index (χ4n) is 5.92. The number of nitrogens with one attached hydrogen (secondary N) is 1. The van der Waals surface area contributed by atoms with Gasteiger partial charge in [0.1, 0.15) is 11.5 Å². The van der Waals surface area contributed by atoms with Crippen LogP contribution in [-0.2, 0) is 25.3 Å². The quantitative estimate of drug-likeness (QED) is 0.136. The summed E-state index contributed by atoms with van der Waals surface area (Å²) in [6, 6.07) is 8.99. The lowest BCUT2D eigenvalue weighted by atomic mass is 9.65. The first-order chi connectivity index (χ1) is 20.9. The van der Waals surface area contributed by atoms with E-state index in [0.29, 0.717) is 31.0 Å². The van der Waals surface area contributed by atoms with E-state index in [0.717, 1.165) is 50.5 Å². The molecular formula is C35H52BN3O5. The van der Waals surface area contributed by atoms with Crippen molar-refractivity contribution in [1.82, 2.24) is 15.3 Å². The molecule has 1 aromatic heterocycles. The molecule has 0 aliphatic carbocycles. The highest BCUT2D eigenvalue weighted by molar-refractivity contribution is 6.48. The Bertz CT molecular complexity index is 1190. The predicted molar refractivity (Wildman–Crippen MR) is 174 cm³/mol. The number of carbonyl (C=O) groups excluding carboxylic acids is 3. The van der Waals surface area contributed by atoms with Gasteiger partial charge in [0.2, 0.25) is 0 Å². The normalized spacial score (nSPS) is 19.1. The zero-order chi connectivity index (χ0) is 32.2. The number of carbonyl (C=O) groups is 3. The molecule has 1 aliphatic heterocycles. The molecule has 0 spiro atoms. The van der Waals surface area contributed by atoms with Crippen LogP contribution in [0.15, 0.2) is 48.9 Å². The highest BCUT2D eigenvalue weighted by Gasteiger charge is 2.56. The molecule has 3 atom stereocenters. The largest absolute Gasteiger partial charge is 0.461 e. The number of nitrogens with zero attached hydrogens (tertiary/aromatic N) is 2. The van der Waals surface area contributed by atoms with Crippen molar-refractivity contribution in [2.24, 2.45) is 5.92 Å². The van der Waals surface area contributed by atoms with Crippen LogP contribution in [0.4, 0.5) is 0 Å². The van der Waals surface area contributed by atoms with Crippen LogP contribution in [0.5, 0.6) is 0 Å². The van der Waals surface area contributed by atoms with Crippen molar-refractivity contribution in [2.45, 2.75) is 135 Å². The van der Waals surface area contributed by atoms with Gasteiger partial charge in [0.15, 0.2) is 5.78 Å². The summed E-state index contributed by atoms with van der Waals surface area (Å²) in [5, 5.41) is 2.93. The number of hydrogen-bond acceptors (Lipinski definition) is 7. The summed E-state index contributed by atoms with van der Waals surface area (Å²) in [4.78, 5) is 46.7. The summed E-state index contributed by atoms with van der Waals surface area (Å²) < 4.78 is 13.3. The highest BCUT2D eigenvalue weighted by atomic mass is 16.7. The fraction of sp³-hybridized carbons (Fsp3) is 0.629. The van der Waals surface area contributed by atoms with Crippen molar-refractivity contribution in [2.75, 3.05) is 0 Å². The Hall–Kier alpha value is -2.91. The number of rotatable bonds is 19. The van der Waals surface area contributed by atoms with Crippen LogP contribution in [-0.4, -0.2) is 51.8 Å². The van der Waals surface area contributed by atoms with Crippen molar-refractivity contribution < 1.29 is 23.7 Å². The van der Waals surface area contributed by atoms with Gasteiger partial charge in [-0.2, -0.15) is 0 Å². The molecule has 1 N–H and O–H groups in total. The molecule has 0 saturated carbocycles. The van der Waals surface area contributed by atoms with E-state index in [2.05, 4.69) is 49.9 Å². The minimum atomic E-state index is -0.727. The van der Waals surface area contributed by atoms with Crippen LogP contribution < -0.4 is 5.32 Å². The number of aromatic nitrogens is 2. The minimum absolute atomic E-state index is 0.0584. The summed E-state index contributed by atoms with van der Waals surface area (Å²) >= 11 is 0. The first kappa shape index (κ1) is 35.6. The maximum absolute atomic E-state index is 14.0. The molecule has 240 valence electrons. The SMILES string of the molecule is CCC(=O)CCCCCCCC1(C)OB([C@@H](CC(=O)[C@H](Cc2ccccc2)NC(=O)c2cnccn2)CC(C)C)OC1(C)C. The van der Waals surface area contributed by atoms with Crippen LogP contribution in [0.2, 0.25) is 5.82 Å². The Morgan fingerprint density at radius 2 is 1.66 bits per heavy atom. The van der Waals surface area contributed by atoms with Gasteiger partial charge in [-0.1, -0.05) is 76.8 Å². The van der Waals surface area contributed by atoms with E-state index in [-0.39, 0.29) is 23.7 Å². The van der Waals surface area contributed by atoms with E-state index in [1.165, 1.54) is 18.6 Å². The van der Waals surface area contributed by atoms with Gasteiger partial charge in [0.05, 0.1) is 23.4 Å². The number of hydrogen-bond donors (Lipinski definition) is 1. The summed E-state index contributed by atoms with van der Waals surface area (Å²) in [7, 11) is -0.519. The third-order valence-electron chi connectivity index (χ3n) is 8.96. The van der Waals surface area contributed by atoms with E-state index in [9.17, 15) is 14.4 Å². The maximum Gasteiger partial charge on any atom is 0.461 e. The molecule has 1 amide bonds. The third-order valence-corrected chi connectivity index (χ3v) is 8.96. The molecule has 1 saturated heterocycles. The van der Waals surface area contributed by atoms with Gasteiger partial charge in [-0.15, -0.1) is 0 Å². The predicted octanol–water partition coefficient (Wildman–Crippen LogP) is 6.98. The molecule has 2 aromatic rings. The first-order valence-electron chi connectivity index (χ1n) is 16.4. The Kier molecular flexibility index (Phi) is 13.7. The average Bonchev–Trinajstić information content (AvgIpc) is 3.24. The molecule has 0 radical (unpaired) electrons. The summed E-state index contributed by atoms with van der Waals surface area (Å²) in [6.45, 7) is 12.5. The third kappa shape index (κ3) is 10.6. The molecule has 1 aromatic carbocycles. The standard InChI is InChI=1S/C35H52BN3O5/c1-7-29(40)18-14-9-8-10-15-19-35(6)34(4,5)43-36(44-35)28(22-26(2)3)24-32(41)30(23-27-16-12-11-13-17-27)39-33(42)31-25-37-20-21-38-31/h11-13,16-17,20-21,25-26,28,30H,7-10,14-15,18-19,22-24H2,1-6H3,(H,39,42)/t28-,30+,35?/m1/s1.